The van der Waals surface area contributed by atoms with Crippen LogP contribution in [0.25, 0.3) is 0 Å². The Labute approximate surface area is 328 Å². The summed E-state index contributed by atoms with van der Waals surface area (Å²) in [5.41, 5.74) is 13.3. The van der Waals surface area contributed by atoms with E-state index in [0.717, 1.165) is 17.8 Å². The molecule has 1 heteroatoms. The van der Waals surface area contributed by atoms with Crippen molar-refractivity contribution in [2.45, 2.75) is 220 Å². The molecular weight excluding hydrogens is 627 g/mol. The third kappa shape index (κ3) is 13.7. The van der Waals surface area contributed by atoms with Gasteiger partial charge in [-0.3, -0.25) is 0 Å². The number of fused-ring (bicyclic) bond motifs is 1. The molecule has 304 valence electrons. The molecule has 2 aliphatic carbocycles. The van der Waals surface area contributed by atoms with Gasteiger partial charge in [0.1, 0.15) is 0 Å². The number of allylic oxidation sites excluding steroid dienone is 6. The lowest BCUT2D eigenvalue weighted by Crippen LogP contribution is -2.35. The van der Waals surface area contributed by atoms with Crippen LogP contribution in [0.5, 0.6) is 0 Å². The van der Waals surface area contributed by atoms with Crippen molar-refractivity contribution in [2.75, 3.05) is 0 Å². The molecule has 0 heterocycles. The standard InChI is InChI=1S/C51H95N/c1-17-28-51(37(7)8,31-24-29-49(13,14)19-3)30-23-27-43-26-22-21-25-38(9)32-44(34-46-45(48(46)52)33-39(10)40(43)11)41(12)47(50(15,16)20-4)35-42(18-2)36(5)6/h17,28,32,36-37,39,41-42,44-48H,18-27,29-31,33-35,52H2,1-16H3. The molecule has 9 atom stereocenters. The van der Waals surface area contributed by atoms with Gasteiger partial charge in [0, 0.05) is 6.04 Å². The molecule has 0 aliphatic heterocycles. The fourth-order valence-electron chi connectivity index (χ4n) is 10.7. The van der Waals surface area contributed by atoms with Crippen LogP contribution in [0.1, 0.15) is 214 Å². The van der Waals surface area contributed by atoms with E-state index in [1.807, 2.05) is 0 Å². The van der Waals surface area contributed by atoms with Gasteiger partial charge in [-0.25, -0.2) is 0 Å². The molecule has 0 spiro atoms. The Hall–Kier alpha value is -0.820. The first-order valence-electron chi connectivity index (χ1n) is 23.0. The van der Waals surface area contributed by atoms with E-state index < -0.39 is 0 Å². The third-order valence-electron chi connectivity index (χ3n) is 16.1. The summed E-state index contributed by atoms with van der Waals surface area (Å²) in [6.07, 6.45) is 28.6. The first-order chi connectivity index (χ1) is 24.3. The molecule has 0 aromatic rings. The van der Waals surface area contributed by atoms with E-state index in [4.69, 9.17) is 5.73 Å². The highest BCUT2D eigenvalue weighted by molar-refractivity contribution is 5.18. The Bertz CT molecular complexity index is 1110. The molecule has 2 rings (SSSR count). The Morgan fingerprint density at radius 3 is 2.02 bits per heavy atom. The van der Waals surface area contributed by atoms with Crippen LogP contribution in [0.4, 0.5) is 0 Å². The van der Waals surface area contributed by atoms with Crippen LogP contribution in [0, 0.1) is 69.5 Å². The molecule has 1 fully saturated rings. The maximum absolute atomic E-state index is 7.04. The smallest absolute Gasteiger partial charge is 0.0102 e. The van der Waals surface area contributed by atoms with Crippen LogP contribution in [-0.2, 0) is 0 Å². The second-order valence-electron chi connectivity index (χ2n) is 21.0. The summed E-state index contributed by atoms with van der Waals surface area (Å²) in [5, 5.41) is 0. The van der Waals surface area contributed by atoms with Crippen LogP contribution in [-0.4, -0.2) is 6.04 Å². The molecule has 2 aliphatic rings. The lowest BCUT2D eigenvalue weighted by molar-refractivity contribution is 0.0742. The van der Waals surface area contributed by atoms with Crippen molar-refractivity contribution >= 4 is 0 Å². The first-order valence-corrected chi connectivity index (χ1v) is 23.0. The summed E-state index contributed by atoms with van der Waals surface area (Å²) in [7, 11) is 0. The zero-order valence-electron chi connectivity index (χ0n) is 38.4. The molecule has 52 heavy (non-hydrogen) atoms. The van der Waals surface area contributed by atoms with Gasteiger partial charge in [0.05, 0.1) is 0 Å². The quantitative estimate of drug-likeness (QED) is 0.132. The Morgan fingerprint density at radius 1 is 0.846 bits per heavy atom. The largest absolute Gasteiger partial charge is 0.327 e. The van der Waals surface area contributed by atoms with Crippen molar-refractivity contribution in [3.8, 4) is 0 Å². The number of rotatable bonds is 19. The fraction of sp³-hybridized carbons (Fsp3) is 0.882. The second-order valence-corrected chi connectivity index (χ2v) is 21.0. The predicted molar refractivity (Wildman–Crippen MR) is 236 cm³/mol. The van der Waals surface area contributed by atoms with E-state index in [1.165, 1.54) is 103 Å². The van der Waals surface area contributed by atoms with E-state index in [0.29, 0.717) is 57.8 Å². The molecule has 0 bridgehead atoms. The van der Waals surface area contributed by atoms with Gasteiger partial charge in [-0.2, -0.15) is 0 Å². The summed E-state index contributed by atoms with van der Waals surface area (Å²) in [4.78, 5) is 0. The summed E-state index contributed by atoms with van der Waals surface area (Å²) in [6.45, 7) is 39.5. The maximum Gasteiger partial charge on any atom is 0.0102 e. The molecule has 0 saturated heterocycles. The Kier molecular flexibility index (Phi) is 19.5. The zero-order chi connectivity index (χ0) is 39.4. The van der Waals surface area contributed by atoms with Gasteiger partial charge in [0.15, 0.2) is 0 Å². The summed E-state index contributed by atoms with van der Waals surface area (Å²) in [6, 6.07) is 0.383. The van der Waals surface area contributed by atoms with Gasteiger partial charge in [-0.05, 0) is 167 Å². The number of hydrogen-bond acceptors (Lipinski definition) is 1. The lowest BCUT2D eigenvalue weighted by atomic mass is 9.62. The Balaban J connectivity index is 2.29. The van der Waals surface area contributed by atoms with Crippen molar-refractivity contribution in [1.82, 2.24) is 0 Å². The zero-order valence-corrected chi connectivity index (χ0v) is 38.4. The maximum atomic E-state index is 7.04. The van der Waals surface area contributed by atoms with Crippen LogP contribution in [0.15, 0.2) is 34.9 Å². The van der Waals surface area contributed by atoms with Crippen molar-refractivity contribution in [3.05, 3.63) is 34.9 Å². The molecule has 1 nitrogen and oxygen atoms in total. The van der Waals surface area contributed by atoms with Crippen molar-refractivity contribution in [1.29, 1.82) is 0 Å². The van der Waals surface area contributed by atoms with Gasteiger partial charge in [-0.1, -0.05) is 151 Å². The molecule has 0 radical (unpaired) electrons. The molecule has 9 unspecified atom stereocenters. The lowest BCUT2D eigenvalue weighted by Gasteiger charge is -2.43. The normalized spacial score (nSPS) is 27.3. The van der Waals surface area contributed by atoms with Crippen LogP contribution < -0.4 is 5.73 Å². The van der Waals surface area contributed by atoms with E-state index in [9.17, 15) is 0 Å². The fourth-order valence-corrected chi connectivity index (χ4v) is 10.7. The molecule has 2 N–H and O–H groups in total. The van der Waals surface area contributed by atoms with Crippen molar-refractivity contribution in [2.24, 2.45) is 75.2 Å². The van der Waals surface area contributed by atoms with E-state index in [1.54, 1.807) is 16.7 Å². The van der Waals surface area contributed by atoms with Crippen molar-refractivity contribution in [3.63, 3.8) is 0 Å². The average Bonchev–Trinajstić information content (AvgIpc) is 3.69. The van der Waals surface area contributed by atoms with Crippen LogP contribution in [0.3, 0.4) is 0 Å². The average molecular weight is 722 g/mol. The number of hydrogen-bond donors (Lipinski definition) is 1. The van der Waals surface area contributed by atoms with Gasteiger partial charge in [0.2, 0.25) is 0 Å². The summed E-state index contributed by atoms with van der Waals surface area (Å²) in [5.74, 6) is 6.30. The van der Waals surface area contributed by atoms with Gasteiger partial charge < -0.3 is 5.73 Å². The minimum absolute atomic E-state index is 0.321. The molecule has 0 aromatic carbocycles. The highest BCUT2D eigenvalue weighted by Gasteiger charge is 2.49. The summed E-state index contributed by atoms with van der Waals surface area (Å²) < 4.78 is 0. The monoisotopic (exact) mass is 722 g/mol. The Morgan fingerprint density at radius 2 is 1.46 bits per heavy atom. The van der Waals surface area contributed by atoms with Gasteiger partial charge in [-0.15, -0.1) is 0 Å². The van der Waals surface area contributed by atoms with E-state index in [-0.39, 0.29) is 0 Å². The highest BCUT2D eigenvalue weighted by atomic mass is 14.8. The first kappa shape index (κ1) is 47.3. The molecule has 0 aromatic heterocycles. The minimum Gasteiger partial charge on any atom is -0.327 e. The van der Waals surface area contributed by atoms with Crippen LogP contribution >= 0.6 is 0 Å². The molecule has 0 amide bonds. The summed E-state index contributed by atoms with van der Waals surface area (Å²) >= 11 is 0. The van der Waals surface area contributed by atoms with Crippen LogP contribution in [0.2, 0.25) is 0 Å². The van der Waals surface area contributed by atoms with Gasteiger partial charge >= 0.3 is 0 Å². The molecular formula is C51H95N. The topological polar surface area (TPSA) is 26.0 Å². The highest BCUT2D eigenvalue weighted by Crippen LogP contribution is 2.52. The van der Waals surface area contributed by atoms with Crippen molar-refractivity contribution < 1.29 is 0 Å². The van der Waals surface area contributed by atoms with Gasteiger partial charge in [0.25, 0.3) is 0 Å². The second kappa shape index (κ2) is 21.5. The predicted octanol–water partition coefficient (Wildman–Crippen LogP) is 16.2. The third-order valence-corrected chi connectivity index (χ3v) is 16.1. The minimum atomic E-state index is 0.321. The van der Waals surface area contributed by atoms with E-state index >= 15 is 0 Å². The molecule has 1 saturated carbocycles. The van der Waals surface area contributed by atoms with E-state index in [2.05, 4.69) is 129 Å². The SMILES string of the molecule is CC=CC(CCCC1=C(C)C(C)CC2C(N)C2CC(C(C)C(CC(CC)C(C)C)C(C)(C)CC)C=C(C)CCCC1)(CCCC(C)(C)CC)C(C)C. The number of nitrogens with two attached hydrogens (primary N) is 1.